The molecule has 2 rings (SSSR count). The summed E-state index contributed by atoms with van der Waals surface area (Å²) in [6.07, 6.45) is 1.31. The fourth-order valence-electron chi connectivity index (χ4n) is 2.87. The quantitative estimate of drug-likeness (QED) is 0.892. The number of likely N-dealkylation sites (N-methyl/N-ethyl adjacent to an activating group) is 2. The van der Waals surface area contributed by atoms with Gasteiger partial charge in [-0.15, -0.1) is 0 Å². The fourth-order valence-corrected chi connectivity index (χ4v) is 2.87. The maximum Gasteiger partial charge on any atom is 0.0858 e. The minimum atomic E-state index is 0.287. The average molecular weight is 276 g/mol. The molecule has 1 aliphatic heterocycles. The molecule has 1 N–H and O–H groups in total. The first-order chi connectivity index (χ1) is 9.63. The van der Waals surface area contributed by atoms with E-state index in [4.69, 9.17) is 4.74 Å². The van der Waals surface area contributed by atoms with E-state index >= 15 is 0 Å². The lowest BCUT2D eigenvalue weighted by Gasteiger charge is -2.36. The summed E-state index contributed by atoms with van der Waals surface area (Å²) >= 11 is 0. The molecule has 2 atom stereocenters. The Bertz CT molecular complexity index is 433. The maximum absolute atomic E-state index is 5.99. The molecule has 1 aromatic rings. The van der Waals surface area contributed by atoms with Gasteiger partial charge < -0.3 is 10.1 Å². The number of ether oxygens (including phenoxy) is 1. The van der Waals surface area contributed by atoms with Gasteiger partial charge in [0.25, 0.3) is 0 Å². The summed E-state index contributed by atoms with van der Waals surface area (Å²) in [7, 11) is 2.04. The second-order valence-electron chi connectivity index (χ2n) is 5.82. The number of nitrogens with one attached hydrogen (secondary N) is 1. The minimum absolute atomic E-state index is 0.287. The van der Waals surface area contributed by atoms with Gasteiger partial charge in [-0.05, 0) is 50.6 Å². The highest BCUT2D eigenvalue weighted by Gasteiger charge is 2.26. The van der Waals surface area contributed by atoms with Gasteiger partial charge in [0, 0.05) is 19.1 Å². The molecule has 1 fully saturated rings. The predicted octanol–water partition coefficient (Wildman–Crippen LogP) is 2.15. The predicted molar refractivity (Wildman–Crippen MR) is 84.3 cm³/mol. The maximum atomic E-state index is 5.99. The zero-order chi connectivity index (χ0) is 14.5. The smallest absolute Gasteiger partial charge is 0.0858 e. The van der Waals surface area contributed by atoms with E-state index in [-0.39, 0.29) is 6.10 Å². The van der Waals surface area contributed by atoms with E-state index in [0.29, 0.717) is 6.04 Å². The summed E-state index contributed by atoms with van der Waals surface area (Å²) in [6.45, 7) is 10.6. The molecule has 3 nitrogen and oxygen atoms in total. The second-order valence-corrected chi connectivity index (χ2v) is 5.82. The van der Waals surface area contributed by atoms with Crippen LogP contribution >= 0.6 is 0 Å². The monoisotopic (exact) mass is 276 g/mol. The second kappa shape index (κ2) is 7.21. The summed E-state index contributed by atoms with van der Waals surface area (Å²) in [4.78, 5) is 2.47. The van der Waals surface area contributed by atoms with Crippen molar-refractivity contribution in [3.8, 4) is 0 Å². The lowest BCUT2D eigenvalue weighted by atomic mass is 9.97. The van der Waals surface area contributed by atoms with Crippen LogP contribution in [0.2, 0.25) is 0 Å². The lowest BCUT2D eigenvalue weighted by Crippen LogP contribution is -2.52. The number of benzene rings is 1. The molecule has 2 unspecified atom stereocenters. The number of hydrogen-bond donors (Lipinski definition) is 1. The van der Waals surface area contributed by atoms with Crippen LogP contribution in [0.3, 0.4) is 0 Å². The standard InChI is InChI=1S/C17H28N2O/c1-5-19-8-9-20-17(12-19)16(18-4)11-15-7-6-13(2)14(3)10-15/h6-7,10,16-18H,5,8-9,11-12H2,1-4H3. The molecule has 1 heterocycles. The molecular formula is C17H28N2O. The molecule has 112 valence electrons. The Kier molecular flexibility index (Phi) is 5.58. The summed E-state index contributed by atoms with van der Waals surface area (Å²) in [5, 5.41) is 3.45. The third-order valence-corrected chi connectivity index (χ3v) is 4.47. The van der Waals surface area contributed by atoms with Gasteiger partial charge in [0.15, 0.2) is 0 Å². The molecule has 0 aliphatic carbocycles. The highest BCUT2D eigenvalue weighted by Crippen LogP contribution is 2.16. The largest absolute Gasteiger partial charge is 0.374 e. The van der Waals surface area contributed by atoms with Crippen molar-refractivity contribution in [1.82, 2.24) is 10.2 Å². The molecule has 0 amide bonds. The normalized spacial score (nSPS) is 21.9. The third-order valence-electron chi connectivity index (χ3n) is 4.47. The van der Waals surface area contributed by atoms with Gasteiger partial charge in [0.1, 0.15) is 0 Å². The van der Waals surface area contributed by atoms with E-state index in [1.54, 1.807) is 0 Å². The Morgan fingerprint density at radius 2 is 2.15 bits per heavy atom. The van der Waals surface area contributed by atoms with E-state index < -0.39 is 0 Å². The van der Waals surface area contributed by atoms with Crippen LogP contribution in [-0.4, -0.2) is 50.3 Å². The first-order valence-corrected chi connectivity index (χ1v) is 7.71. The first kappa shape index (κ1) is 15.5. The van der Waals surface area contributed by atoms with E-state index in [0.717, 1.165) is 32.7 Å². The van der Waals surface area contributed by atoms with Crippen molar-refractivity contribution in [2.75, 3.05) is 33.3 Å². The Balaban J connectivity index is 2.02. The molecule has 0 aromatic heterocycles. The van der Waals surface area contributed by atoms with Crippen molar-refractivity contribution >= 4 is 0 Å². The average Bonchev–Trinajstić information content (AvgIpc) is 2.48. The summed E-state index contributed by atoms with van der Waals surface area (Å²) < 4.78 is 5.99. The third kappa shape index (κ3) is 3.81. The molecule has 0 radical (unpaired) electrons. The Morgan fingerprint density at radius 1 is 1.35 bits per heavy atom. The number of rotatable bonds is 5. The first-order valence-electron chi connectivity index (χ1n) is 7.71. The van der Waals surface area contributed by atoms with E-state index in [1.807, 2.05) is 7.05 Å². The van der Waals surface area contributed by atoms with Crippen molar-refractivity contribution in [1.29, 1.82) is 0 Å². The molecule has 1 aliphatic rings. The van der Waals surface area contributed by atoms with Crippen LogP contribution in [0.15, 0.2) is 18.2 Å². The van der Waals surface area contributed by atoms with E-state index in [1.165, 1.54) is 16.7 Å². The van der Waals surface area contributed by atoms with Crippen LogP contribution in [0.1, 0.15) is 23.6 Å². The van der Waals surface area contributed by atoms with Gasteiger partial charge >= 0.3 is 0 Å². The number of morpholine rings is 1. The molecule has 1 saturated heterocycles. The van der Waals surface area contributed by atoms with Gasteiger partial charge in [0.2, 0.25) is 0 Å². The van der Waals surface area contributed by atoms with Gasteiger partial charge in [0.05, 0.1) is 12.7 Å². The van der Waals surface area contributed by atoms with Crippen LogP contribution in [0, 0.1) is 13.8 Å². The minimum Gasteiger partial charge on any atom is -0.374 e. The number of aryl methyl sites for hydroxylation is 2. The summed E-state index contributed by atoms with van der Waals surface area (Å²) in [6, 6.07) is 7.15. The molecule has 0 saturated carbocycles. The Labute approximate surface area is 123 Å². The van der Waals surface area contributed by atoms with Crippen molar-refractivity contribution < 1.29 is 4.74 Å². The number of hydrogen-bond acceptors (Lipinski definition) is 3. The lowest BCUT2D eigenvalue weighted by molar-refractivity contribution is -0.0436. The molecule has 1 aromatic carbocycles. The zero-order valence-corrected chi connectivity index (χ0v) is 13.3. The van der Waals surface area contributed by atoms with Crippen molar-refractivity contribution in [2.24, 2.45) is 0 Å². The molecule has 20 heavy (non-hydrogen) atoms. The van der Waals surface area contributed by atoms with Gasteiger partial charge in [-0.3, -0.25) is 4.90 Å². The topological polar surface area (TPSA) is 24.5 Å². The van der Waals surface area contributed by atoms with Gasteiger partial charge in [-0.2, -0.15) is 0 Å². The molecule has 0 bridgehead atoms. The van der Waals surface area contributed by atoms with Crippen molar-refractivity contribution in [2.45, 2.75) is 39.3 Å². The molecule has 0 spiro atoms. The number of nitrogens with zero attached hydrogens (tertiary/aromatic N) is 1. The van der Waals surface area contributed by atoms with E-state index in [9.17, 15) is 0 Å². The fraction of sp³-hybridized carbons (Fsp3) is 0.647. The van der Waals surface area contributed by atoms with Crippen LogP contribution in [0.4, 0.5) is 0 Å². The zero-order valence-electron chi connectivity index (χ0n) is 13.3. The highest BCUT2D eigenvalue weighted by molar-refractivity contribution is 5.30. The van der Waals surface area contributed by atoms with Crippen molar-refractivity contribution in [3.63, 3.8) is 0 Å². The molecular weight excluding hydrogens is 248 g/mol. The van der Waals surface area contributed by atoms with Crippen LogP contribution in [0.5, 0.6) is 0 Å². The van der Waals surface area contributed by atoms with Gasteiger partial charge in [-0.25, -0.2) is 0 Å². The molecule has 3 heteroatoms. The van der Waals surface area contributed by atoms with Crippen LogP contribution in [0.25, 0.3) is 0 Å². The summed E-state index contributed by atoms with van der Waals surface area (Å²) in [5.41, 5.74) is 4.13. The Morgan fingerprint density at radius 3 is 2.80 bits per heavy atom. The highest BCUT2D eigenvalue weighted by atomic mass is 16.5. The van der Waals surface area contributed by atoms with Gasteiger partial charge in [-0.1, -0.05) is 25.1 Å². The summed E-state index contributed by atoms with van der Waals surface area (Å²) in [5.74, 6) is 0. The van der Waals surface area contributed by atoms with Crippen LogP contribution < -0.4 is 5.32 Å². The Hall–Kier alpha value is -0.900. The van der Waals surface area contributed by atoms with E-state index in [2.05, 4.69) is 49.2 Å². The van der Waals surface area contributed by atoms with Crippen molar-refractivity contribution in [3.05, 3.63) is 34.9 Å². The SMILES string of the molecule is CCN1CCOC(C(Cc2ccc(C)c(C)c2)NC)C1. The van der Waals surface area contributed by atoms with Crippen LogP contribution in [-0.2, 0) is 11.2 Å².